The second kappa shape index (κ2) is 7.30. The molecular formula is C23H19N3O. The van der Waals surface area contributed by atoms with Crippen molar-refractivity contribution in [3.05, 3.63) is 107 Å². The van der Waals surface area contributed by atoms with E-state index in [2.05, 4.69) is 21.6 Å². The lowest BCUT2D eigenvalue weighted by atomic mass is 10.0. The van der Waals surface area contributed by atoms with Gasteiger partial charge in [0, 0.05) is 22.0 Å². The lowest BCUT2D eigenvalue weighted by molar-refractivity contribution is 0.0951. The molecule has 0 aliphatic rings. The first-order valence-corrected chi connectivity index (χ1v) is 8.79. The third-order valence-electron chi connectivity index (χ3n) is 4.38. The molecule has 4 nitrogen and oxygen atoms in total. The van der Waals surface area contributed by atoms with Crippen molar-refractivity contribution in [3.63, 3.8) is 0 Å². The molecule has 1 aromatic heterocycles. The van der Waals surface area contributed by atoms with Crippen molar-refractivity contribution in [3.8, 4) is 0 Å². The molecular weight excluding hydrogens is 334 g/mol. The van der Waals surface area contributed by atoms with Gasteiger partial charge in [0.2, 0.25) is 0 Å². The molecule has 132 valence electrons. The summed E-state index contributed by atoms with van der Waals surface area (Å²) in [5.74, 6) is -0.271. The van der Waals surface area contributed by atoms with Crippen LogP contribution in [0.2, 0.25) is 0 Å². The van der Waals surface area contributed by atoms with Gasteiger partial charge in [-0.3, -0.25) is 4.79 Å². The van der Waals surface area contributed by atoms with E-state index in [0.29, 0.717) is 5.69 Å². The van der Waals surface area contributed by atoms with E-state index >= 15 is 0 Å². The van der Waals surface area contributed by atoms with Crippen molar-refractivity contribution in [2.24, 2.45) is 5.10 Å². The van der Waals surface area contributed by atoms with Gasteiger partial charge in [-0.2, -0.15) is 5.10 Å². The standard InChI is InChI=1S/C23H19N3O/c1-16-8-7-12-19(14-16)22(17-9-3-2-4-10-17)25-26-23(27)21-15-18-11-5-6-13-20(18)24-21/h2-15,24H,1H3,(H,26,27)/b25-22-. The Bertz CT molecular complexity index is 1090. The summed E-state index contributed by atoms with van der Waals surface area (Å²) >= 11 is 0. The largest absolute Gasteiger partial charge is 0.350 e. The van der Waals surface area contributed by atoms with E-state index in [1.165, 1.54) is 0 Å². The van der Waals surface area contributed by atoms with E-state index in [9.17, 15) is 4.79 Å². The molecule has 4 heteroatoms. The molecule has 0 unspecified atom stereocenters. The number of nitrogens with one attached hydrogen (secondary N) is 2. The molecule has 0 atom stereocenters. The Morgan fingerprint density at radius 1 is 0.852 bits per heavy atom. The Labute approximate surface area is 157 Å². The summed E-state index contributed by atoms with van der Waals surface area (Å²) in [5.41, 5.74) is 7.87. The van der Waals surface area contributed by atoms with E-state index in [1.54, 1.807) is 0 Å². The maximum absolute atomic E-state index is 12.6. The minimum absolute atomic E-state index is 0.271. The topological polar surface area (TPSA) is 57.2 Å². The number of nitrogens with zero attached hydrogens (tertiary/aromatic N) is 1. The number of carbonyl (C=O) groups excluding carboxylic acids is 1. The fraction of sp³-hybridized carbons (Fsp3) is 0.0435. The molecule has 0 aliphatic carbocycles. The van der Waals surface area contributed by atoms with Gasteiger partial charge >= 0.3 is 0 Å². The molecule has 4 aromatic rings. The number of H-pyrrole nitrogens is 1. The second-order valence-electron chi connectivity index (χ2n) is 6.41. The first-order chi connectivity index (χ1) is 13.2. The molecule has 4 rings (SSSR count). The van der Waals surface area contributed by atoms with E-state index in [1.807, 2.05) is 85.8 Å². The highest BCUT2D eigenvalue weighted by Crippen LogP contribution is 2.15. The van der Waals surface area contributed by atoms with Gasteiger partial charge in [-0.15, -0.1) is 0 Å². The minimum Gasteiger partial charge on any atom is -0.350 e. The summed E-state index contributed by atoms with van der Waals surface area (Å²) in [7, 11) is 0. The Morgan fingerprint density at radius 3 is 2.37 bits per heavy atom. The van der Waals surface area contributed by atoms with Gasteiger partial charge in [-0.05, 0) is 25.1 Å². The average Bonchev–Trinajstić information content (AvgIpc) is 3.13. The van der Waals surface area contributed by atoms with E-state index in [4.69, 9.17) is 0 Å². The number of hydrogen-bond donors (Lipinski definition) is 2. The van der Waals surface area contributed by atoms with Gasteiger partial charge in [0.25, 0.3) is 5.91 Å². The van der Waals surface area contributed by atoms with Crippen LogP contribution in [0.3, 0.4) is 0 Å². The fourth-order valence-corrected chi connectivity index (χ4v) is 3.05. The lowest BCUT2D eigenvalue weighted by Crippen LogP contribution is -2.21. The number of hydrazone groups is 1. The lowest BCUT2D eigenvalue weighted by Gasteiger charge is -2.08. The van der Waals surface area contributed by atoms with Crippen LogP contribution in [-0.2, 0) is 0 Å². The molecule has 1 heterocycles. The van der Waals surface area contributed by atoms with Crippen molar-refractivity contribution in [2.45, 2.75) is 6.92 Å². The molecule has 0 bridgehead atoms. The Hall–Kier alpha value is -3.66. The molecule has 0 saturated carbocycles. The molecule has 0 saturated heterocycles. The number of benzene rings is 3. The molecule has 0 radical (unpaired) electrons. The second-order valence-corrected chi connectivity index (χ2v) is 6.41. The van der Waals surface area contributed by atoms with E-state index in [0.717, 1.165) is 33.3 Å². The Kier molecular flexibility index (Phi) is 4.54. The smallest absolute Gasteiger partial charge is 0.287 e. The predicted octanol–water partition coefficient (Wildman–Crippen LogP) is 4.66. The molecule has 1 amide bonds. The predicted molar refractivity (Wildman–Crippen MR) is 109 cm³/mol. The Balaban J connectivity index is 1.67. The third kappa shape index (κ3) is 3.65. The SMILES string of the molecule is Cc1cccc(/C(=N\NC(=O)c2cc3ccccc3[nH]2)c2ccccc2)c1. The molecule has 0 spiro atoms. The van der Waals surface area contributed by atoms with Crippen LogP contribution in [-0.4, -0.2) is 16.6 Å². The molecule has 3 aromatic carbocycles. The summed E-state index contributed by atoms with van der Waals surface area (Å²) in [5, 5.41) is 5.44. The molecule has 0 aliphatic heterocycles. The van der Waals surface area contributed by atoms with Crippen molar-refractivity contribution >= 4 is 22.5 Å². The number of carbonyl (C=O) groups is 1. The number of para-hydroxylation sites is 1. The quantitative estimate of drug-likeness (QED) is 0.407. The maximum atomic E-state index is 12.6. The number of amides is 1. The zero-order chi connectivity index (χ0) is 18.6. The van der Waals surface area contributed by atoms with Crippen LogP contribution in [0.4, 0.5) is 0 Å². The zero-order valence-electron chi connectivity index (χ0n) is 14.9. The van der Waals surface area contributed by atoms with Gasteiger partial charge in [0.1, 0.15) is 5.69 Å². The van der Waals surface area contributed by atoms with Crippen molar-refractivity contribution in [1.29, 1.82) is 0 Å². The van der Waals surface area contributed by atoms with Crippen molar-refractivity contribution in [2.75, 3.05) is 0 Å². The van der Waals surface area contributed by atoms with Gasteiger partial charge < -0.3 is 4.98 Å². The van der Waals surface area contributed by atoms with Crippen LogP contribution in [0, 0.1) is 6.92 Å². The van der Waals surface area contributed by atoms with Gasteiger partial charge in [0.15, 0.2) is 0 Å². The fourth-order valence-electron chi connectivity index (χ4n) is 3.05. The number of aryl methyl sites for hydroxylation is 1. The first-order valence-electron chi connectivity index (χ1n) is 8.79. The average molecular weight is 353 g/mol. The normalized spacial score (nSPS) is 11.5. The molecule has 27 heavy (non-hydrogen) atoms. The highest BCUT2D eigenvalue weighted by atomic mass is 16.2. The van der Waals surface area contributed by atoms with E-state index < -0.39 is 0 Å². The number of aromatic nitrogens is 1. The number of aromatic amines is 1. The Morgan fingerprint density at radius 2 is 1.59 bits per heavy atom. The summed E-state index contributed by atoms with van der Waals surface area (Å²) in [6.07, 6.45) is 0. The highest BCUT2D eigenvalue weighted by Gasteiger charge is 2.11. The van der Waals surface area contributed by atoms with Crippen LogP contribution >= 0.6 is 0 Å². The van der Waals surface area contributed by atoms with Crippen LogP contribution in [0.5, 0.6) is 0 Å². The molecule has 2 N–H and O–H groups in total. The summed E-state index contributed by atoms with van der Waals surface area (Å²) < 4.78 is 0. The van der Waals surface area contributed by atoms with Crippen LogP contribution in [0.15, 0.2) is 90.0 Å². The van der Waals surface area contributed by atoms with Crippen molar-refractivity contribution in [1.82, 2.24) is 10.4 Å². The van der Waals surface area contributed by atoms with Crippen LogP contribution in [0.1, 0.15) is 27.2 Å². The first kappa shape index (κ1) is 16.8. The van der Waals surface area contributed by atoms with Crippen LogP contribution in [0.25, 0.3) is 10.9 Å². The summed E-state index contributed by atoms with van der Waals surface area (Å²) in [4.78, 5) is 15.7. The van der Waals surface area contributed by atoms with Gasteiger partial charge in [-0.25, -0.2) is 5.43 Å². The van der Waals surface area contributed by atoms with Crippen molar-refractivity contribution < 1.29 is 4.79 Å². The van der Waals surface area contributed by atoms with E-state index in [-0.39, 0.29) is 5.91 Å². The number of fused-ring (bicyclic) bond motifs is 1. The third-order valence-corrected chi connectivity index (χ3v) is 4.38. The van der Waals surface area contributed by atoms with Gasteiger partial charge in [0.05, 0.1) is 5.71 Å². The molecule has 0 fully saturated rings. The maximum Gasteiger partial charge on any atom is 0.287 e. The number of hydrogen-bond acceptors (Lipinski definition) is 2. The monoisotopic (exact) mass is 353 g/mol. The van der Waals surface area contributed by atoms with Gasteiger partial charge in [-0.1, -0.05) is 72.3 Å². The summed E-state index contributed by atoms with van der Waals surface area (Å²) in [6, 6.07) is 27.5. The van der Waals surface area contributed by atoms with Crippen LogP contribution < -0.4 is 5.43 Å². The highest BCUT2D eigenvalue weighted by molar-refractivity contribution is 6.13. The number of rotatable bonds is 4. The zero-order valence-corrected chi connectivity index (χ0v) is 14.9. The summed E-state index contributed by atoms with van der Waals surface area (Å²) in [6.45, 7) is 2.04. The minimum atomic E-state index is -0.271.